The highest BCUT2D eigenvalue weighted by Gasteiger charge is 2.23. The highest BCUT2D eigenvalue weighted by atomic mass is 19.1. The van der Waals surface area contributed by atoms with E-state index in [-0.39, 0.29) is 12.2 Å². The zero-order valence-corrected chi connectivity index (χ0v) is 9.07. The summed E-state index contributed by atoms with van der Waals surface area (Å²) in [5, 5.41) is 9.01. The van der Waals surface area contributed by atoms with Crippen molar-refractivity contribution in [1.82, 2.24) is 0 Å². The summed E-state index contributed by atoms with van der Waals surface area (Å²) in [7, 11) is 2.80. The SMILES string of the molecule is COCC(C(=O)O)c1cc(F)ccc1OC. The lowest BCUT2D eigenvalue weighted by molar-refractivity contribution is -0.140. The molecule has 0 aromatic heterocycles. The van der Waals surface area contributed by atoms with Gasteiger partial charge in [0.2, 0.25) is 0 Å². The molecule has 5 heteroatoms. The molecular formula is C11H13FO4. The van der Waals surface area contributed by atoms with Crippen molar-refractivity contribution in [3.8, 4) is 5.75 Å². The summed E-state index contributed by atoms with van der Waals surface area (Å²) in [6.07, 6.45) is 0. The lowest BCUT2D eigenvalue weighted by atomic mass is 9.99. The first-order valence-corrected chi connectivity index (χ1v) is 4.65. The number of benzene rings is 1. The van der Waals surface area contributed by atoms with Crippen LogP contribution in [0, 0.1) is 5.82 Å². The Morgan fingerprint density at radius 2 is 2.19 bits per heavy atom. The molecule has 1 rings (SSSR count). The van der Waals surface area contributed by atoms with E-state index in [0.717, 1.165) is 6.07 Å². The van der Waals surface area contributed by atoms with E-state index in [1.165, 1.54) is 26.4 Å². The summed E-state index contributed by atoms with van der Waals surface area (Å²) >= 11 is 0. The molecule has 16 heavy (non-hydrogen) atoms. The van der Waals surface area contributed by atoms with Crippen molar-refractivity contribution in [2.24, 2.45) is 0 Å². The van der Waals surface area contributed by atoms with E-state index < -0.39 is 17.7 Å². The minimum absolute atomic E-state index is 0.0326. The number of hydrogen-bond acceptors (Lipinski definition) is 3. The Hall–Kier alpha value is -1.62. The molecule has 1 unspecified atom stereocenters. The van der Waals surface area contributed by atoms with Gasteiger partial charge in [-0.05, 0) is 18.2 Å². The Morgan fingerprint density at radius 1 is 1.50 bits per heavy atom. The van der Waals surface area contributed by atoms with Gasteiger partial charge < -0.3 is 14.6 Å². The predicted octanol–water partition coefficient (Wildman–Crippen LogP) is 1.65. The number of carbonyl (C=O) groups is 1. The van der Waals surface area contributed by atoms with Gasteiger partial charge in [0.05, 0.1) is 13.7 Å². The monoisotopic (exact) mass is 228 g/mol. The second-order valence-electron chi connectivity index (χ2n) is 3.23. The third kappa shape index (κ3) is 2.70. The Bertz CT molecular complexity index is 378. The van der Waals surface area contributed by atoms with Crippen molar-refractivity contribution < 1.29 is 23.8 Å². The Kier molecular flexibility index (Phi) is 4.25. The Morgan fingerprint density at radius 3 is 2.69 bits per heavy atom. The maximum atomic E-state index is 13.1. The largest absolute Gasteiger partial charge is 0.496 e. The molecule has 0 aliphatic rings. The molecule has 1 N–H and O–H groups in total. The number of methoxy groups -OCH3 is 2. The second kappa shape index (κ2) is 5.46. The normalized spacial score (nSPS) is 12.2. The first-order valence-electron chi connectivity index (χ1n) is 4.65. The Labute approximate surface area is 92.6 Å². The number of carboxylic acid groups (broad SMARTS) is 1. The number of hydrogen-bond donors (Lipinski definition) is 1. The number of aliphatic carboxylic acids is 1. The smallest absolute Gasteiger partial charge is 0.313 e. The number of carboxylic acids is 1. The quantitative estimate of drug-likeness (QED) is 0.832. The van der Waals surface area contributed by atoms with Gasteiger partial charge in [0, 0.05) is 12.7 Å². The molecule has 0 heterocycles. The number of ether oxygens (including phenoxy) is 2. The van der Waals surface area contributed by atoms with Crippen molar-refractivity contribution in [2.75, 3.05) is 20.8 Å². The summed E-state index contributed by atoms with van der Waals surface area (Å²) in [5.41, 5.74) is 0.275. The van der Waals surface area contributed by atoms with Gasteiger partial charge in [0.1, 0.15) is 17.5 Å². The molecule has 0 spiro atoms. The molecule has 4 nitrogen and oxygen atoms in total. The van der Waals surface area contributed by atoms with Crippen LogP contribution in [0.15, 0.2) is 18.2 Å². The highest BCUT2D eigenvalue weighted by molar-refractivity contribution is 5.77. The van der Waals surface area contributed by atoms with Gasteiger partial charge >= 0.3 is 5.97 Å². The summed E-state index contributed by atoms with van der Waals surface area (Å²) in [6, 6.07) is 3.76. The van der Waals surface area contributed by atoms with Gasteiger partial charge in [-0.15, -0.1) is 0 Å². The van der Waals surface area contributed by atoms with E-state index in [2.05, 4.69) is 0 Å². The molecule has 1 aromatic carbocycles. The Balaban J connectivity index is 3.15. The van der Waals surface area contributed by atoms with Gasteiger partial charge in [-0.2, -0.15) is 0 Å². The third-order valence-electron chi connectivity index (χ3n) is 2.20. The molecule has 1 atom stereocenters. The predicted molar refractivity (Wildman–Crippen MR) is 55.2 cm³/mol. The van der Waals surface area contributed by atoms with Crippen LogP contribution in [0.3, 0.4) is 0 Å². The molecule has 0 saturated heterocycles. The van der Waals surface area contributed by atoms with Crippen LogP contribution in [0.25, 0.3) is 0 Å². The van der Waals surface area contributed by atoms with Crippen molar-refractivity contribution in [2.45, 2.75) is 5.92 Å². The summed E-state index contributed by atoms with van der Waals surface area (Å²) in [6.45, 7) is -0.0326. The topological polar surface area (TPSA) is 55.8 Å². The van der Waals surface area contributed by atoms with E-state index in [1.54, 1.807) is 0 Å². The van der Waals surface area contributed by atoms with Gasteiger partial charge in [0.25, 0.3) is 0 Å². The third-order valence-corrected chi connectivity index (χ3v) is 2.20. The van der Waals surface area contributed by atoms with Gasteiger partial charge in [-0.3, -0.25) is 4.79 Å². The van der Waals surface area contributed by atoms with Crippen LogP contribution in [0.2, 0.25) is 0 Å². The zero-order valence-electron chi connectivity index (χ0n) is 9.07. The van der Waals surface area contributed by atoms with Gasteiger partial charge in [-0.25, -0.2) is 4.39 Å². The summed E-state index contributed by atoms with van der Waals surface area (Å²) in [5.74, 6) is -2.18. The summed E-state index contributed by atoms with van der Waals surface area (Å²) in [4.78, 5) is 11.0. The van der Waals surface area contributed by atoms with E-state index in [9.17, 15) is 9.18 Å². The fourth-order valence-corrected chi connectivity index (χ4v) is 1.44. The van der Waals surface area contributed by atoms with Crippen LogP contribution in [0.1, 0.15) is 11.5 Å². The van der Waals surface area contributed by atoms with Crippen LogP contribution in [-0.4, -0.2) is 31.9 Å². The van der Waals surface area contributed by atoms with Crippen molar-refractivity contribution in [3.05, 3.63) is 29.6 Å². The first kappa shape index (κ1) is 12.4. The molecule has 0 aliphatic heterocycles. The van der Waals surface area contributed by atoms with E-state index in [0.29, 0.717) is 5.75 Å². The van der Waals surface area contributed by atoms with Gasteiger partial charge in [0.15, 0.2) is 0 Å². The molecule has 0 amide bonds. The van der Waals surface area contributed by atoms with Crippen LogP contribution >= 0.6 is 0 Å². The average Bonchev–Trinajstić information content (AvgIpc) is 2.25. The lowest BCUT2D eigenvalue weighted by Gasteiger charge is -2.15. The molecular weight excluding hydrogens is 215 g/mol. The van der Waals surface area contributed by atoms with Gasteiger partial charge in [-0.1, -0.05) is 0 Å². The highest BCUT2D eigenvalue weighted by Crippen LogP contribution is 2.28. The van der Waals surface area contributed by atoms with Crippen molar-refractivity contribution >= 4 is 5.97 Å². The molecule has 0 saturated carbocycles. The fraction of sp³-hybridized carbons (Fsp3) is 0.364. The zero-order chi connectivity index (χ0) is 12.1. The molecule has 1 aromatic rings. The van der Waals surface area contributed by atoms with Crippen LogP contribution in [-0.2, 0) is 9.53 Å². The first-order chi connectivity index (χ1) is 7.60. The molecule has 88 valence electrons. The maximum Gasteiger partial charge on any atom is 0.313 e. The standard InChI is InChI=1S/C11H13FO4/c1-15-6-9(11(13)14)8-5-7(12)3-4-10(8)16-2/h3-5,9H,6H2,1-2H3,(H,13,14). The maximum absolute atomic E-state index is 13.1. The molecule has 0 aliphatic carbocycles. The van der Waals surface area contributed by atoms with E-state index in [1.807, 2.05) is 0 Å². The van der Waals surface area contributed by atoms with E-state index in [4.69, 9.17) is 14.6 Å². The lowest BCUT2D eigenvalue weighted by Crippen LogP contribution is -2.18. The van der Waals surface area contributed by atoms with E-state index >= 15 is 0 Å². The summed E-state index contributed by atoms with van der Waals surface area (Å²) < 4.78 is 22.9. The second-order valence-corrected chi connectivity index (χ2v) is 3.23. The fourth-order valence-electron chi connectivity index (χ4n) is 1.44. The molecule has 0 bridgehead atoms. The molecule has 0 radical (unpaired) electrons. The minimum atomic E-state index is -1.08. The minimum Gasteiger partial charge on any atom is -0.496 e. The van der Waals surface area contributed by atoms with Crippen molar-refractivity contribution in [1.29, 1.82) is 0 Å². The van der Waals surface area contributed by atoms with Crippen LogP contribution in [0.4, 0.5) is 4.39 Å². The average molecular weight is 228 g/mol. The number of rotatable bonds is 5. The number of halogens is 1. The van der Waals surface area contributed by atoms with Crippen LogP contribution < -0.4 is 4.74 Å². The van der Waals surface area contributed by atoms with Crippen molar-refractivity contribution in [3.63, 3.8) is 0 Å². The van der Waals surface area contributed by atoms with Crippen LogP contribution in [0.5, 0.6) is 5.75 Å². The molecule has 0 fully saturated rings.